The molecular weight excluding hydrogens is 334 g/mol. The number of nitrogens with one attached hydrogen (secondary N) is 1. The van der Waals surface area contributed by atoms with Crippen LogP contribution in [0.2, 0.25) is 0 Å². The molecule has 0 heterocycles. The summed E-state index contributed by atoms with van der Waals surface area (Å²) in [5.41, 5.74) is 2.89. The van der Waals surface area contributed by atoms with E-state index in [0.717, 1.165) is 5.56 Å². The van der Waals surface area contributed by atoms with E-state index in [-0.39, 0.29) is 6.61 Å². The van der Waals surface area contributed by atoms with Gasteiger partial charge in [0.15, 0.2) is 0 Å². The molecule has 2 rings (SSSR count). The van der Waals surface area contributed by atoms with Crippen molar-refractivity contribution in [3.05, 3.63) is 71.8 Å². The number of carbonyl (C=O) groups is 2. The first-order chi connectivity index (χ1) is 12.3. The third kappa shape index (κ3) is 6.57. The SMILES string of the molecule is CC(C)(C)OC(=O)NOC(C(=O)OCc1ccccc1)c1ccccc1. The van der Waals surface area contributed by atoms with E-state index < -0.39 is 23.8 Å². The molecule has 0 aliphatic rings. The third-order valence-electron chi connectivity index (χ3n) is 3.20. The number of hydrogen-bond acceptors (Lipinski definition) is 5. The molecule has 0 bridgehead atoms. The van der Waals surface area contributed by atoms with Gasteiger partial charge in [0.2, 0.25) is 6.10 Å². The monoisotopic (exact) mass is 357 g/mol. The summed E-state index contributed by atoms with van der Waals surface area (Å²) >= 11 is 0. The van der Waals surface area contributed by atoms with Gasteiger partial charge in [0.05, 0.1) is 0 Å². The molecule has 0 aliphatic carbocycles. The van der Waals surface area contributed by atoms with Crippen LogP contribution in [0.3, 0.4) is 0 Å². The summed E-state index contributed by atoms with van der Waals surface area (Å²) in [6, 6.07) is 18.1. The predicted molar refractivity (Wildman–Crippen MR) is 95.9 cm³/mol. The van der Waals surface area contributed by atoms with Gasteiger partial charge in [-0.1, -0.05) is 60.7 Å². The molecule has 1 atom stereocenters. The molecular formula is C20H23NO5. The van der Waals surface area contributed by atoms with Crippen LogP contribution in [0.5, 0.6) is 0 Å². The zero-order chi connectivity index (χ0) is 19.0. The second kappa shape index (κ2) is 9.01. The van der Waals surface area contributed by atoms with Crippen molar-refractivity contribution in [1.82, 2.24) is 5.48 Å². The van der Waals surface area contributed by atoms with Crippen LogP contribution in [-0.2, 0) is 25.7 Å². The summed E-state index contributed by atoms with van der Waals surface area (Å²) in [6.07, 6.45) is -1.89. The number of ether oxygens (including phenoxy) is 2. The van der Waals surface area contributed by atoms with Crippen LogP contribution in [0, 0.1) is 0 Å². The molecule has 26 heavy (non-hydrogen) atoms. The summed E-state index contributed by atoms with van der Waals surface area (Å²) in [4.78, 5) is 29.5. The smallest absolute Gasteiger partial charge is 0.431 e. The van der Waals surface area contributed by atoms with E-state index in [2.05, 4.69) is 5.48 Å². The molecule has 138 valence electrons. The minimum atomic E-state index is -1.10. The lowest BCUT2D eigenvalue weighted by Gasteiger charge is -2.21. The van der Waals surface area contributed by atoms with Crippen molar-refractivity contribution in [1.29, 1.82) is 0 Å². The number of amides is 1. The summed E-state index contributed by atoms with van der Waals surface area (Å²) in [5.74, 6) is -0.615. The molecule has 0 aromatic heterocycles. The van der Waals surface area contributed by atoms with E-state index in [0.29, 0.717) is 5.56 Å². The molecule has 0 saturated carbocycles. The maximum absolute atomic E-state index is 12.5. The van der Waals surface area contributed by atoms with Gasteiger partial charge in [0, 0.05) is 0 Å². The largest absolute Gasteiger partial charge is 0.459 e. The zero-order valence-corrected chi connectivity index (χ0v) is 15.1. The normalized spacial score (nSPS) is 12.1. The zero-order valence-electron chi connectivity index (χ0n) is 15.1. The lowest BCUT2D eigenvalue weighted by atomic mass is 10.1. The van der Waals surface area contributed by atoms with E-state index in [1.54, 1.807) is 45.0 Å². The minimum absolute atomic E-state index is 0.110. The third-order valence-corrected chi connectivity index (χ3v) is 3.20. The van der Waals surface area contributed by atoms with Gasteiger partial charge in [0.25, 0.3) is 0 Å². The molecule has 2 aromatic rings. The Morgan fingerprint density at radius 2 is 1.54 bits per heavy atom. The highest BCUT2D eigenvalue weighted by molar-refractivity contribution is 5.77. The van der Waals surface area contributed by atoms with Gasteiger partial charge < -0.3 is 9.47 Å². The van der Waals surface area contributed by atoms with Crippen LogP contribution in [-0.4, -0.2) is 17.7 Å². The quantitative estimate of drug-likeness (QED) is 0.626. The van der Waals surface area contributed by atoms with E-state index >= 15 is 0 Å². The van der Waals surface area contributed by atoms with Crippen LogP contribution in [0.25, 0.3) is 0 Å². The topological polar surface area (TPSA) is 73.9 Å². The molecule has 6 heteroatoms. The molecule has 0 fully saturated rings. The van der Waals surface area contributed by atoms with Gasteiger partial charge in [0.1, 0.15) is 12.2 Å². The van der Waals surface area contributed by atoms with Gasteiger partial charge >= 0.3 is 12.1 Å². The molecule has 6 nitrogen and oxygen atoms in total. The predicted octanol–water partition coefficient (Wildman–Crippen LogP) is 3.93. The fourth-order valence-corrected chi connectivity index (χ4v) is 2.09. The number of carbonyl (C=O) groups excluding carboxylic acids is 2. The van der Waals surface area contributed by atoms with Crippen LogP contribution in [0.15, 0.2) is 60.7 Å². The molecule has 1 N–H and O–H groups in total. The number of hydroxylamine groups is 1. The Morgan fingerprint density at radius 1 is 0.962 bits per heavy atom. The maximum Gasteiger partial charge on any atom is 0.431 e. The van der Waals surface area contributed by atoms with Gasteiger partial charge in [-0.3, -0.25) is 4.84 Å². The Kier molecular flexibility index (Phi) is 6.74. The molecule has 1 amide bonds. The van der Waals surface area contributed by atoms with Crippen molar-refractivity contribution in [3.63, 3.8) is 0 Å². The van der Waals surface area contributed by atoms with Crippen molar-refractivity contribution in [3.8, 4) is 0 Å². The van der Waals surface area contributed by atoms with Crippen molar-refractivity contribution in [2.24, 2.45) is 0 Å². The number of esters is 1. The van der Waals surface area contributed by atoms with Crippen molar-refractivity contribution in [2.45, 2.75) is 39.1 Å². The average Bonchev–Trinajstić information content (AvgIpc) is 2.60. The molecule has 0 saturated heterocycles. The Hall–Kier alpha value is -2.86. The molecule has 0 radical (unpaired) electrons. The number of rotatable bonds is 6. The van der Waals surface area contributed by atoms with E-state index in [9.17, 15) is 9.59 Å². The molecule has 0 spiro atoms. The lowest BCUT2D eigenvalue weighted by molar-refractivity contribution is -0.164. The van der Waals surface area contributed by atoms with Crippen molar-refractivity contribution >= 4 is 12.1 Å². The van der Waals surface area contributed by atoms with E-state index in [1.165, 1.54) is 0 Å². The number of hydrogen-bond donors (Lipinski definition) is 1. The first-order valence-corrected chi connectivity index (χ1v) is 8.25. The van der Waals surface area contributed by atoms with E-state index in [4.69, 9.17) is 14.3 Å². The fourth-order valence-electron chi connectivity index (χ4n) is 2.09. The minimum Gasteiger partial charge on any atom is -0.459 e. The molecule has 1 unspecified atom stereocenters. The highest BCUT2D eigenvalue weighted by Gasteiger charge is 2.26. The first kappa shape index (κ1) is 19.5. The molecule has 0 aliphatic heterocycles. The standard InChI is InChI=1S/C20H23NO5/c1-20(2,3)25-19(23)21-26-17(16-12-8-5-9-13-16)18(22)24-14-15-10-6-4-7-11-15/h4-13,17H,14H2,1-3H3,(H,21,23). The fraction of sp³-hybridized carbons (Fsp3) is 0.300. The second-order valence-corrected chi connectivity index (χ2v) is 6.61. The van der Waals surface area contributed by atoms with Crippen molar-refractivity contribution in [2.75, 3.05) is 0 Å². The maximum atomic E-state index is 12.5. The molecule has 2 aromatic carbocycles. The summed E-state index contributed by atoms with van der Waals surface area (Å²) in [7, 11) is 0. The summed E-state index contributed by atoms with van der Waals surface area (Å²) in [5, 5.41) is 0. The van der Waals surface area contributed by atoms with Crippen LogP contribution < -0.4 is 5.48 Å². The van der Waals surface area contributed by atoms with Gasteiger partial charge in [-0.25, -0.2) is 9.59 Å². The lowest BCUT2D eigenvalue weighted by Crippen LogP contribution is -2.35. The van der Waals surface area contributed by atoms with Gasteiger partial charge in [-0.05, 0) is 31.9 Å². The van der Waals surface area contributed by atoms with Crippen molar-refractivity contribution < 1.29 is 23.9 Å². The second-order valence-electron chi connectivity index (χ2n) is 6.61. The van der Waals surface area contributed by atoms with Gasteiger partial charge in [-0.15, -0.1) is 0 Å². The van der Waals surface area contributed by atoms with E-state index in [1.807, 2.05) is 36.4 Å². The van der Waals surface area contributed by atoms with Crippen LogP contribution in [0.1, 0.15) is 38.0 Å². The van der Waals surface area contributed by atoms with Crippen LogP contribution in [0.4, 0.5) is 4.79 Å². The highest BCUT2D eigenvalue weighted by Crippen LogP contribution is 2.19. The first-order valence-electron chi connectivity index (χ1n) is 8.25. The number of benzene rings is 2. The van der Waals surface area contributed by atoms with Gasteiger partial charge in [-0.2, -0.15) is 5.48 Å². The Labute approximate surface area is 153 Å². The summed E-state index contributed by atoms with van der Waals surface area (Å²) < 4.78 is 10.4. The highest BCUT2D eigenvalue weighted by atomic mass is 16.7. The Morgan fingerprint density at radius 3 is 2.12 bits per heavy atom. The average molecular weight is 357 g/mol. The van der Waals surface area contributed by atoms with Crippen LogP contribution >= 0.6 is 0 Å². The Bertz CT molecular complexity index is 710. The summed E-state index contributed by atoms with van der Waals surface area (Å²) in [6.45, 7) is 5.30. The Balaban J connectivity index is 2.01.